The van der Waals surface area contributed by atoms with Gasteiger partial charge in [-0.15, -0.1) is 0 Å². The number of rotatable bonds is 2. The Morgan fingerprint density at radius 1 is 1.12 bits per heavy atom. The van der Waals surface area contributed by atoms with Crippen LogP contribution in [0, 0.1) is 46.1 Å². The Hall–Kier alpha value is -2.50. The second kappa shape index (κ2) is 4.12. The molecule has 5 rings (SSSR count). The Bertz CT molecular complexity index is 821. The topological polar surface area (TPSA) is 80.5 Å². The number of allylic oxidation sites excluding steroid dienone is 2. The zero-order valence-electron chi connectivity index (χ0n) is 13.1. The van der Waals surface area contributed by atoms with Gasteiger partial charge in [0.05, 0.1) is 22.4 Å². The number of nitro benzene ring substituents is 1. The van der Waals surface area contributed by atoms with Crippen molar-refractivity contribution in [2.45, 2.75) is 19.8 Å². The fourth-order valence-corrected chi connectivity index (χ4v) is 5.27. The number of amides is 2. The van der Waals surface area contributed by atoms with Gasteiger partial charge in [0, 0.05) is 12.1 Å². The van der Waals surface area contributed by atoms with E-state index in [0.717, 1.165) is 12.8 Å². The quantitative estimate of drug-likeness (QED) is 0.362. The van der Waals surface area contributed by atoms with Crippen molar-refractivity contribution in [3.05, 3.63) is 46.0 Å². The van der Waals surface area contributed by atoms with Crippen LogP contribution in [-0.2, 0) is 9.59 Å². The summed E-state index contributed by atoms with van der Waals surface area (Å²) in [5.41, 5.74) is 1.11. The van der Waals surface area contributed by atoms with E-state index in [4.69, 9.17) is 0 Å². The number of benzene rings is 1. The fraction of sp³-hybridized carbons (Fsp3) is 0.444. The molecule has 1 heterocycles. The van der Waals surface area contributed by atoms with Crippen molar-refractivity contribution < 1.29 is 14.5 Å². The lowest BCUT2D eigenvalue weighted by molar-refractivity contribution is -0.384. The molecular weight excluding hydrogens is 308 g/mol. The van der Waals surface area contributed by atoms with Gasteiger partial charge in [-0.1, -0.05) is 18.2 Å². The Kier molecular flexibility index (Phi) is 2.39. The van der Waals surface area contributed by atoms with Gasteiger partial charge in [-0.3, -0.25) is 19.7 Å². The molecule has 2 amide bonds. The number of hydrogen-bond acceptors (Lipinski definition) is 4. The smallest absolute Gasteiger partial charge is 0.271 e. The summed E-state index contributed by atoms with van der Waals surface area (Å²) >= 11 is 0. The van der Waals surface area contributed by atoms with Crippen LogP contribution in [0.4, 0.5) is 11.4 Å². The SMILES string of the molecule is Cc1ccc([N+](=O)[O-])cc1N1C(=O)[C@@H]2[C@@H](C1=O)[C@H]1C=C[C@H]2C12CC2. The van der Waals surface area contributed by atoms with Gasteiger partial charge in [0.15, 0.2) is 0 Å². The molecule has 0 N–H and O–H groups in total. The van der Waals surface area contributed by atoms with Crippen LogP contribution in [0.1, 0.15) is 18.4 Å². The number of carbonyl (C=O) groups is 2. The van der Waals surface area contributed by atoms with Crippen LogP contribution >= 0.6 is 0 Å². The molecule has 1 spiro atoms. The summed E-state index contributed by atoms with van der Waals surface area (Å²) < 4.78 is 0. The Labute approximate surface area is 138 Å². The van der Waals surface area contributed by atoms with Crippen LogP contribution in [0.2, 0.25) is 0 Å². The number of aryl methyl sites for hydroxylation is 1. The van der Waals surface area contributed by atoms with Gasteiger partial charge in [0.25, 0.3) is 5.69 Å². The second-order valence-corrected chi connectivity index (χ2v) is 7.46. The van der Waals surface area contributed by atoms with E-state index in [0.29, 0.717) is 11.3 Å². The van der Waals surface area contributed by atoms with E-state index < -0.39 is 4.92 Å². The molecule has 2 bridgehead atoms. The lowest BCUT2D eigenvalue weighted by atomic mass is 9.85. The highest BCUT2D eigenvalue weighted by atomic mass is 16.6. The van der Waals surface area contributed by atoms with E-state index in [2.05, 4.69) is 12.2 Å². The standard InChI is InChI=1S/C18H16N2O4/c1-9-2-3-10(20(23)24)8-13(9)19-16(21)14-11-4-5-12(15(14)17(19)22)18(11)6-7-18/h2-5,8,11-12,14-15H,6-7H2,1H3/t11-,12-,14+,15+/m1/s1. The number of nitro groups is 1. The molecule has 0 aromatic heterocycles. The van der Waals surface area contributed by atoms with Gasteiger partial charge in [-0.2, -0.15) is 0 Å². The zero-order valence-corrected chi connectivity index (χ0v) is 13.1. The normalized spacial score (nSPS) is 34.3. The van der Waals surface area contributed by atoms with Gasteiger partial charge < -0.3 is 0 Å². The summed E-state index contributed by atoms with van der Waals surface area (Å²) in [6.07, 6.45) is 6.43. The molecule has 0 radical (unpaired) electrons. The molecule has 4 aliphatic rings. The first-order valence-corrected chi connectivity index (χ1v) is 8.27. The van der Waals surface area contributed by atoms with E-state index >= 15 is 0 Å². The van der Waals surface area contributed by atoms with E-state index in [1.165, 1.54) is 17.0 Å². The molecule has 3 aliphatic carbocycles. The van der Waals surface area contributed by atoms with Crippen molar-refractivity contribution in [1.82, 2.24) is 0 Å². The number of fused-ring (bicyclic) bond motifs is 3. The molecule has 3 fully saturated rings. The predicted octanol–water partition coefficient (Wildman–Crippen LogP) is 2.60. The number of nitrogens with zero attached hydrogens (tertiary/aromatic N) is 2. The van der Waals surface area contributed by atoms with Crippen molar-refractivity contribution in [3.8, 4) is 0 Å². The maximum atomic E-state index is 13.0. The molecule has 1 aromatic carbocycles. The summed E-state index contributed by atoms with van der Waals surface area (Å²) in [4.78, 5) is 37.8. The highest BCUT2D eigenvalue weighted by molar-refractivity contribution is 6.23. The minimum atomic E-state index is -0.501. The minimum absolute atomic E-state index is 0.104. The maximum Gasteiger partial charge on any atom is 0.271 e. The number of anilines is 1. The summed E-state index contributed by atoms with van der Waals surface area (Å²) in [7, 11) is 0. The Balaban J connectivity index is 1.59. The molecule has 0 unspecified atom stereocenters. The largest absolute Gasteiger partial charge is 0.274 e. The number of non-ortho nitro benzene ring substituents is 1. The van der Waals surface area contributed by atoms with Gasteiger partial charge in [0.2, 0.25) is 11.8 Å². The number of imide groups is 1. The van der Waals surface area contributed by atoms with E-state index in [9.17, 15) is 19.7 Å². The molecule has 2 saturated carbocycles. The minimum Gasteiger partial charge on any atom is -0.274 e. The summed E-state index contributed by atoms with van der Waals surface area (Å²) in [5, 5.41) is 11.1. The van der Waals surface area contributed by atoms with Crippen molar-refractivity contribution >= 4 is 23.2 Å². The monoisotopic (exact) mass is 324 g/mol. The molecule has 122 valence electrons. The number of carbonyl (C=O) groups excluding carboxylic acids is 2. The van der Waals surface area contributed by atoms with E-state index in [-0.39, 0.29) is 46.6 Å². The first-order chi connectivity index (χ1) is 11.5. The molecule has 1 saturated heterocycles. The molecule has 4 atom stereocenters. The third-order valence-electron chi connectivity index (χ3n) is 6.50. The van der Waals surface area contributed by atoms with Crippen LogP contribution in [-0.4, -0.2) is 16.7 Å². The van der Waals surface area contributed by atoms with Crippen LogP contribution in [0.5, 0.6) is 0 Å². The van der Waals surface area contributed by atoms with Gasteiger partial charge in [-0.25, -0.2) is 4.90 Å². The van der Waals surface area contributed by atoms with Crippen molar-refractivity contribution in [3.63, 3.8) is 0 Å². The molecular formula is C18H16N2O4. The molecule has 6 nitrogen and oxygen atoms in total. The average molecular weight is 324 g/mol. The summed E-state index contributed by atoms with van der Waals surface area (Å²) in [6, 6.07) is 4.33. The van der Waals surface area contributed by atoms with Gasteiger partial charge in [-0.05, 0) is 42.6 Å². The molecule has 1 aromatic rings. The molecule has 6 heteroatoms. The second-order valence-electron chi connectivity index (χ2n) is 7.46. The molecule has 24 heavy (non-hydrogen) atoms. The highest BCUT2D eigenvalue weighted by Crippen LogP contribution is 2.73. The van der Waals surface area contributed by atoms with Crippen LogP contribution in [0.3, 0.4) is 0 Å². The lowest BCUT2D eigenvalue weighted by Crippen LogP contribution is -2.35. The molecule has 1 aliphatic heterocycles. The van der Waals surface area contributed by atoms with Crippen LogP contribution in [0.15, 0.2) is 30.4 Å². The van der Waals surface area contributed by atoms with E-state index in [1.807, 2.05) is 0 Å². The van der Waals surface area contributed by atoms with Gasteiger partial charge in [0.1, 0.15) is 0 Å². The third-order valence-corrected chi connectivity index (χ3v) is 6.50. The average Bonchev–Trinajstić information content (AvgIpc) is 3.14. The zero-order chi connectivity index (χ0) is 16.8. The predicted molar refractivity (Wildman–Crippen MR) is 85.1 cm³/mol. The Morgan fingerprint density at radius 2 is 1.71 bits per heavy atom. The number of hydrogen-bond donors (Lipinski definition) is 0. The van der Waals surface area contributed by atoms with Gasteiger partial charge >= 0.3 is 0 Å². The first kappa shape index (κ1) is 13.9. The van der Waals surface area contributed by atoms with E-state index in [1.54, 1.807) is 13.0 Å². The summed E-state index contributed by atoms with van der Waals surface area (Å²) in [5.74, 6) is -0.614. The fourth-order valence-electron chi connectivity index (χ4n) is 5.27. The summed E-state index contributed by atoms with van der Waals surface area (Å²) in [6.45, 7) is 1.77. The Morgan fingerprint density at radius 3 is 2.21 bits per heavy atom. The highest BCUT2D eigenvalue weighted by Gasteiger charge is 2.73. The van der Waals surface area contributed by atoms with Crippen molar-refractivity contribution in [1.29, 1.82) is 0 Å². The first-order valence-electron chi connectivity index (χ1n) is 8.27. The van der Waals surface area contributed by atoms with Crippen molar-refractivity contribution in [2.24, 2.45) is 29.1 Å². The lowest BCUT2D eigenvalue weighted by Gasteiger charge is -2.22. The van der Waals surface area contributed by atoms with Crippen molar-refractivity contribution in [2.75, 3.05) is 4.90 Å². The van der Waals surface area contributed by atoms with Crippen LogP contribution < -0.4 is 4.90 Å². The van der Waals surface area contributed by atoms with Crippen LogP contribution in [0.25, 0.3) is 0 Å². The third kappa shape index (κ3) is 1.42. The maximum absolute atomic E-state index is 13.0.